The van der Waals surface area contributed by atoms with Gasteiger partial charge >= 0.3 is 0 Å². The molecule has 2 rings (SSSR count). The first-order chi connectivity index (χ1) is 6.25. The average Bonchev–Trinajstić information content (AvgIpc) is 2.52. The van der Waals surface area contributed by atoms with Gasteiger partial charge in [-0.15, -0.1) is 5.10 Å². The number of aromatic amines is 1. The molecule has 13 heavy (non-hydrogen) atoms. The van der Waals surface area contributed by atoms with E-state index >= 15 is 0 Å². The lowest BCUT2D eigenvalue weighted by atomic mass is 10.2. The molecule has 0 aliphatic carbocycles. The van der Waals surface area contributed by atoms with Crippen LogP contribution in [0.25, 0.3) is 11.5 Å². The van der Waals surface area contributed by atoms with Crippen LogP contribution in [-0.4, -0.2) is 20.2 Å². The zero-order chi connectivity index (χ0) is 9.26. The maximum atomic E-state index is 5.37. The summed E-state index contributed by atoms with van der Waals surface area (Å²) in [5.41, 5.74) is 7.25. The summed E-state index contributed by atoms with van der Waals surface area (Å²) in [5, 5.41) is 6.42. The van der Waals surface area contributed by atoms with Gasteiger partial charge in [-0.2, -0.15) is 4.98 Å². The third-order valence-electron chi connectivity index (χ3n) is 1.66. The molecule has 0 saturated carbocycles. The van der Waals surface area contributed by atoms with Gasteiger partial charge in [-0.1, -0.05) is 0 Å². The summed E-state index contributed by atoms with van der Waals surface area (Å²) in [6, 6.07) is 3.84. The number of hydrogen-bond donors (Lipinski definition) is 2. The van der Waals surface area contributed by atoms with Crippen LogP contribution >= 0.6 is 0 Å². The molecule has 5 heteroatoms. The topological polar surface area (TPSA) is 80.5 Å². The summed E-state index contributed by atoms with van der Waals surface area (Å²) in [5.74, 6) is 0.833. The number of nitrogens with zero attached hydrogens (tertiary/aromatic N) is 3. The van der Waals surface area contributed by atoms with Crippen molar-refractivity contribution in [3.63, 3.8) is 0 Å². The van der Waals surface area contributed by atoms with Gasteiger partial charge in [0, 0.05) is 6.20 Å². The lowest BCUT2D eigenvalue weighted by molar-refractivity contribution is 1.09. The van der Waals surface area contributed by atoms with E-state index in [1.807, 2.05) is 19.1 Å². The molecule has 0 aromatic carbocycles. The second kappa shape index (κ2) is 2.85. The van der Waals surface area contributed by atoms with Crippen LogP contribution in [0, 0.1) is 6.92 Å². The first-order valence-electron chi connectivity index (χ1n) is 3.86. The van der Waals surface area contributed by atoms with E-state index in [4.69, 9.17) is 5.73 Å². The van der Waals surface area contributed by atoms with Crippen LogP contribution in [0.15, 0.2) is 18.3 Å². The molecule has 66 valence electrons. The zero-order valence-electron chi connectivity index (χ0n) is 7.15. The van der Waals surface area contributed by atoms with Crippen molar-refractivity contribution in [1.29, 1.82) is 0 Å². The van der Waals surface area contributed by atoms with E-state index in [-0.39, 0.29) is 5.95 Å². The SMILES string of the molecule is Cc1ccnc(-c2nc(N)n[nH]2)c1. The molecule has 0 radical (unpaired) electrons. The van der Waals surface area contributed by atoms with Crippen LogP contribution in [0.1, 0.15) is 5.56 Å². The number of aryl methyl sites for hydroxylation is 1. The van der Waals surface area contributed by atoms with Crippen molar-refractivity contribution in [2.45, 2.75) is 6.92 Å². The fourth-order valence-corrected chi connectivity index (χ4v) is 1.05. The highest BCUT2D eigenvalue weighted by atomic mass is 15.3. The van der Waals surface area contributed by atoms with E-state index < -0.39 is 0 Å². The normalized spacial score (nSPS) is 10.2. The van der Waals surface area contributed by atoms with Crippen LogP contribution in [0.5, 0.6) is 0 Å². The summed E-state index contributed by atoms with van der Waals surface area (Å²) in [6.45, 7) is 1.99. The first kappa shape index (κ1) is 7.72. The lowest BCUT2D eigenvalue weighted by Crippen LogP contribution is -1.87. The monoisotopic (exact) mass is 175 g/mol. The van der Waals surface area contributed by atoms with Crippen molar-refractivity contribution in [3.8, 4) is 11.5 Å². The second-order valence-electron chi connectivity index (χ2n) is 2.76. The highest BCUT2D eigenvalue weighted by molar-refractivity contribution is 5.50. The Bertz CT molecular complexity index is 420. The van der Waals surface area contributed by atoms with Crippen molar-refractivity contribution in [2.75, 3.05) is 5.73 Å². The number of hydrogen-bond acceptors (Lipinski definition) is 4. The van der Waals surface area contributed by atoms with Gasteiger partial charge in [-0.25, -0.2) is 0 Å². The highest BCUT2D eigenvalue weighted by Crippen LogP contribution is 2.12. The minimum absolute atomic E-state index is 0.235. The van der Waals surface area contributed by atoms with E-state index in [9.17, 15) is 0 Å². The molecule has 0 saturated heterocycles. The van der Waals surface area contributed by atoms with Gasteiger partial charge in [0.25, 0.3) is 0 Å². The molecule has 3 N–H and O–H groups in total. The molecule has 0 amide bonds. The van der Waals surface area contributed by atoms with Gasteiger partial charge in [0.1, 0.15) is 5.69 Å². The number of aromatic nitrogens is 4. The molecule has 2 aromatic rings. The molecular formula is C8H9N5. The van der Waals surface area contributed by atoms with E-state index in [2.05, 4.69) is 20.2 Å². The molecule has 0 unspecified atom stereocenters. The maximum absolute atomic E-state index is 5.37. The molecule has 0 fully saturated rings. The van der Waals surface area contributed by atoms with E-state index in [0.29, 0.717) is 5.82 Å². The summed E-state index contributed by atoms with van der Waals surface area (Å²) < 4.78 is 0. The Kier molecular flexibility index (Phi) is 1.70. The molecule has 2 heterocycles. The van der Waals surface area contributed by atoms with Crippen LogP contribution in [0.3, 0.4) is 0 Å². The fraction of sp³-hybridized carbons (Fsp3) is 0.125. The number of anilines is 1. The van der Waals surface area contributed by atoms with Gasteiger partial charge in [-0.05, 0) is 24.6 Å². The molecule has 0 atom stereocenters. The first-order valence-corrected chi connectivity index (χ1v) is 3.86. The van der Waals surface area contributed by atoms with E-state index in [1.165, 1.54) is 0 Å². The molecule has 0 bridgehead atoms. The predicted molar refractivity (Wildman–Crippen MR) is 48.8 cm³/mol. The van der Waals surface area contributed by atoms with Gasteiger partial charge in [0.2, 0.25) is 5.95 Å². The van der Waals surface area contributed by atoms with Gasteiger partial charge < -0.3 is 5.73 Å². The number of H-pyrrole nitrogens is 1. The van der Waals surface area contributed by atoms with Crippen LogP contribution < -0.4 is 5.73 Å². The zero-order valence-corrected chi connectivity index (χ0v) is 7.15. The van der Waals surface area contributed by atoms with Crippen molar-refractivity contribution < 1.29 is 0 Å². The summed E-state index contributed by atoms with van der Waals surface area (Å²) in [6.07, 6.45) is 1.73. The number of nitrogens with one attached hydrogen (secondary N) is 1. The lowest BCUT2D eigenvalue weighted by Gasteiger charge is -1.95. The molecular weight excluding hydrogens is 166 g/mol. The van der Waals surface area contributed by atoms with Crippen LogP contribution in [0.2, 0.25) is 0 Å². The minimum Gasteiger partial charge on any atom is -0.366 e. The maximum Gasteiger partial charge on any atom is 0.239 e. The van der Waals surface area contributed by atoms with Crippen molar-refractivity contribution >= 4 is 5.95 Å². The Labute approximate surface area is 75.0 Å². The van der Waals surface area contributed by atoms with E-state index in [1.54, 1.807) is 6.20 Å². The Balaban J connectivity index is 2.46. The smallest absolute Gasteiger partial charge is 0.239 e. The quantitative estimate of drug-likeness (QED) is 0.670. The van der Waals surface area contributed by atoms with Crippen molar-refractivity contribution in [1.82, 2.24) is 20.2 Å². The van der Waals surface area contributed by atoms with Gasteiger partial charge in [-0.3, -0.25) is 10.1 Å². The second-order valence-corrected chi connectivity index (χ2v) is 2.76. The Morgan fingerprint density at radius 1 is 1.46 bits per heavy atom. The number of nitrogen functional groups attached to an aromatic ring is 1. The fourth-order valence-electron chi connectivity index (χ4n) is 1.05. The molecule has 0 aliphatic heterocycles. The van der Waals surface area contributed by atoms with Gasteiger partial charge in [0.15, 0.2) is 5.82 Å². The Morgan fingerprint density at radius 3 is 2.92 bits per heavy atom. The molecule has 5 nitrogen and oxygen atoms in total. The predicted octanol–water partition coefficient (Wildman–Crippen LogP) is 0.757. The summed E-state index contributed by atoms with van der Waals surface area (Å²) >= 11 is 0. The van der Waals surface area contributed by atoms with Crippen LogP contribution in [-0.2, 0) is 0 Å². The molecule has 2 aromatic heterocycles. The highest BCUT2D eigenvalue weighted by Gasteiger charge is 2.03. The Hall–Kier alpha value is -1.91. The standard InChI is InChI=1S/C8H9N5/c1-5-2-3-10-6(4-5)7-11-8(9)13-12-7/h2-4H,1H3,(H3,9,11,12,13). The van der Waals surface area contributed by atoms with Gasteiger partial charge in [0.05, 0.1) is 0 Å². The largest absolute Gasteiger partial charge is 0.366 e. The minimum atomic E-state index is 0.235. The van der Waals surface area contributed by atoms with Crippen molar-refractivity contribution in [3.05, 3.63) is 23.9 Å². The number of rotatable bonds is 1. The number of pyridine rings is 1. The number of nitrogens with two attached hydrogens (primary N) is 1. The van der Waals surface area contributed by atoms with E-state index in [0.717, 1.165) is 11.3 Å². The molecule has 0 aliphatic rings. The molecule has 0 spiro atoms. The third-order valence-corrected chi connectivity index (χ3v) is 1.66. The third kappa shape index (κ3) is 1.48. The summed E-state index contributed by atoms with van der Waals surface area (Å²) in [7, 11) is 0. The van der Waals surface area contributed by atoms with Crippen LogP contribution in [0.4, 0.5) is 5.95 Å². The summed E-state index contributed by atoms with van der Waals surface area (Å²) in [4.78, 5) is 8.10. The van der Waals surface area contributed by atoms with Crippen molar-refractivity contribution in [2.24, 2.45) is 0 Å². The average molecular weight is 175 g/mol. The Morgan fingerprint density at radius 2 is 2.31 bits per heavy atom.